The molecule has 0 aliphatic rings. The number of allylic oxidation sites excluding steroid dienone is 1. The Morgan fingerprint density at radius 3 is 1.96 bits per heavy atom. The molecule has 0 spiro atoms. The van der Waals surface area contributed by atoms with Crippen LogP contribution in [0.5, 0.6) is 0 Å². The van der Waals surface area contributed by atoms with Crippen molar-refractivity contribution in [2.24, 2.45) is 23.2 Å². The number of hydrogen-bond donors (Lipinski definition) is 1. The van der Waals surface area contributed by atoms with E-state index in [9.17, 15) is 0 Å². The summed E-state index contributed by atoms with van der Waals surface area (Å²) < 4.78 is 0. The van der Waals surface area contributed by atoms with Crippen LogP contribution in [0.4, 0.5) is 0 Å². The molecule has 0 aromatic carbocycles. The number of hydrogen-bond acceptors (Lipinski definition) is 1. The lowest BCUT2D eigenvalue weighted by atomic mass is 9.73. The van der Waals surface area contributed by atoms with Crippen LogP contribution in [-0.4, -0.2) is 12.6 Å². The summed E-state index contributed by atoms with van der Waals surface area (Å²) in [5, 5.41) is 3.55. The van der Waals surface area contributed by atoms with E-state index in [0.717, 1.165) is 11.8 Å². The van der Waals surface area contributed by atoms with E-state index in [0.29, 0.717) is 5.92 Å². The van der Waals surface area contributed by atoms with Crippen molar-refractivity contribution in [3.8, 4) is 0 Å². The van der Waals surface area contributed by atoms with Crippen molar-refractivity contribution in [3.05, 3.63) is 24.3 Å². The summed E-state index contributed by atoms with van der Waals surface area (Å²) in [5.41, 5.74) is 2.84. The summed E-state index contributed by atoms with van der Waals surface area (Å²) in [7, 11) is 2.08. The average Bonchev–Trinajstić information content (AvgIpc) is 2.56. The smallest absolute Gasteiger partial charge is 0.0365 e. The normalized spacial score (nSPS) is 18.0. The maximum absolute atomic E-state index is 4.42. The van der Waals surface area contributed by atoms with Gasteiger partial charge in [0.15, 0.2) is 0 Å². The standard InChI is InChI=1S/C25H49N/c1-12-23(17-13-15-20(4)19(2)3)21(5)16-14-18-25(10,26-11)22(6)24(7,8)9/h20-21,23,26H,2,6,12-18H2,1,3-5,7-11H3. The molecule has 1 nitrogen and oxygen atoms in total. The highest BCUT2D eigenvalue weighted by Crippen LogP contribution is 2.36. The number of nitrogens with one attached hydrogen (secondary N) is 1. The SMILES string of the molecule is C=C(C)C(C)CCCC(CC)C(C)CCCC(C)(NC)C(=C)C(C)(C)C. The maximum atomic E-state index is 4.42. The summed E-state index contributed by atoms with van der Waals surface area (Å²) in [6.45, 7) is 27.0. The zero-order valence-electron chi connectivity index (χ0n) is 19.6. The molecule has 0 fully saturated rings. The molecule has 1 N–H and O–H groups in total. The van der Waals surface area contributed by atoms with Gasteiger partial charge in [-0.2, -0.15) is 0 Å². The molecule has 1 heteroatoms. The van der Waals surface area contributed by atoms with Crippen molar-refractivity contribution < 1.29 is 0 Å². The minimum atomic E-state index is 0.0383. The fourth-order valence-electron chi connectivity index (χ4n) is 4.09. The quantitative estimate of drug-likeness (QED) is 0.329. The summed E-state index contributed by atoms with van der Waals surface area (Å²) in [5.74, 6) is 2.34. The van der Waals surface area contributed by atoms with Crippen molar-refractivity contribution >= 4 is 0 Å². The molecule has 0 radical (unpaired) electrons. The van der Waals surface area contributed by atoms with Gasteiger partial charge in [0.2, 0.25) is 0 Å². The topological polar surface area (TPSA) is 12.0 Å². The van der Waals surface area contributed by atoms with Crippen LogP contribution in [0, 0.1) is 23.2 Å². The highest BCUT2D eigenvalue weighted by atomic mass is 14.9. The second-order valence-corrected chi connectivity index (χ2v) is 10.0. The Morgan fingerprint density at radius 2 is 1.54 bits per heavy atom. The van der Waals surface area contributed by atoms with Crippen LogP contribution in [0.15, 0.2) is 24.3 Å². The number of likely N-dealkylation sites (N-methyl/N-ethyl adjacent to an activating group) is 1. The van der Waals surface area contributed by atoms with E-state index >= 15 is 0 Å². The summed E-state index contributed by atoms with van der Waals surface area (Å²) in [4.78, 5) is 0. The zero-order chi connectivity index (χ0) is 20.5. The van der Waals surface area contributed by atoms with E-state index in [-0.39, 0.29) is 11.0 Å². The van der Waals surface area contributed by atoms with Crippen LogP contribution in [0.2, 0.25) is 0 Å². The van der Waals surface area contributed by atoms with E-state index in [2.05, 4.69) is 80.9 Å². The fraction of sp³-hybridized carbons (Fsp3) is 0.840. The Kier molecular flexibility index (Phi) is 11.1. The van der Waals surface area contributed by atoms with Gasteiger partial charge in [-0.25, -0.2) is 0 Å². The van der Waals surface area contributed by atoms with Gasteiger partial charge in [-0.15, -0.1) is 0 Å². The Hall–Kier alpha value is -0.560. The zero-order valence-corrected chi connectivity index (χ0v) is 19.6. The Morgan fingerprint density at radius 1 is 0.962 bits per heavy atom. The van der Waals surface area contributed by atoms with Crippen LogP contribution < -0.4 is 5.32 Å². The first-order chi connectivity index (χ1) is 11.9. The van der Waals surface area contributed by atoms with E-state index in [4.69, 9.17) is 0 Å². The molecule has 4 atom stereocenters. The maximum Gasteiger partial charge on any atom is 0.0365 e. The van der Waals surface area contributed by atoms with Crippen molar-refractivity contribution in [1.29, 1.82) is 0 Å². The molecule has 4 unspecified atom stereocenters. The minimum Gasteiger partial charge on any atom is -0.311 e. The lowest BCUT2D eigenvalue weighted by Crippen LogP contribution is -2.45. The Labute approximate surface area is 166 Å². The van der Waals surface area contributed by atoms with Gasteiger partial charge in [-0.3, -0.25) is 0 Å². The lowest BCUT2D eigenvalue weighted by Gasteiger charge is -2.39. The predicted octanol–water partition coefficient (Wildman–Crippen LogP) is 7.78. The molecule has 0 aliphatic carbocycles. The van der Waals surface area contributed by atoms with Gasteiger partial charge in [0.1, 0.15) is 0 Å². The van der Waals surface area contributed by atoms with Gasteiger partial charge < -0.3 is 5.32 Å². The molecule has 0 aliphatic heterocycles. The van der Waals surface area contributed by atoms with Crippen LogP contribution in [0.25, 0.3) is 0 Å². The van der Waals surface area contributed by atoms with Crippen LogP contribution in [-0.2, 0) is 0 Å². The first-order valence-corrected chi connectivity index (χ1v) is 10.9. The second-order valence-electron chi connectivity index (χ2n) is 10.0. The molecule has 154 valence electrons. The fourth-order valence-corrected chi connectivity index (χ4v) is 4.09. The van der Waals surface area contributed by atoms with Crippen LogP contribution in [0.3, 0.4) is 0 Å². The highest BCUT2D eigenvalue weighted by Gasteiger charge is 2.32. The Balaban J connectivity index is 4.49. The van der Waals surface area contributed by atoms with E-state index in [1.165, 1.54) is 56.1 Å². The molecule has 0 aromatic rings. The number of rotatable bonds is 13. The third-order valence-corrected chi connectivity index (χ3v) is 6.84. The largest absolute Gasteiger partial charge is 0.311 e. The molecule has 0 aromatic heterocycles. The summed E-state index contributed by atoms with van der Waals surface area (Å²) >= 11 is 0. The monoisotopic (exact) mass is 363 g/mol. The van der Waals surface area contributed by atoms with Crippen LogP contribution >= 0.6 is 0 Å². The van der Waals surface area contributed by atoms with Gasteiger partial charge in [0.25, 0.3) is 0 Å². The minimum absolute atomic E-state index is 0.0383. The van der Waals surface area contributed by atoms with Crippen LogP contribution in [0.1, 0.15) is 100 Å². The third-order valence-electron chi connectivity index (χ3n) is 6.84. The molecule has 26 heavy (non-hydrogen) atoms. The lowest BCUT2D eigenvalue weighted by molar-refractivity contribution is 0.269. The van der Waals surface area contributed by atoms with Gasteiger partial charge in [-0.05, 0) is 56.9 Å². The molecular weight excluding hydrogens is 314 g/mol. The van der Waals surface area contributed by atoms with Gasteiger partial charge in [-0.1, -0.05) is 98.0 Å². The molecule has 0 heterocycles. The molecule has 0 saturated heterocycles. The second kappa shape index (κ2) is 11.3. The van der Waals surface area contributed by atoms with Crippen molar-refractivity contribution in [3.63, 3.8) is 0 Å². The first kappa shape index (κ1) is 25.4. The third kappa shape index (κ3) is 8.42. The van der Waals surface area contributed by atoms with Gasteiger partial charge >= 0.3 is 0 Å². The van der Waals surface area contributed by atoms with E-state index in [1.807, 2.05) is 0 Å². The van der Waals surface area contributed by atoms with E-state index in [1.54, 1.807) is 0 Å². The summed E-state index contributed by atoms with van der Waals surface area (Å²) in [6.07, 6.45) is 9.07. The van der Waals surface area contributed by atoms with Gasteiger partial charge in [0, 0.05) is 5.54 Å². The molecule has 0 amide bonds. The highest BCUT2D eigenvalue weighted by molar-refractivity contribution is 5.21. The van der Waals surface area contributed by atoms with Gasteiger partial charge in [0.05, 0.1) is 0 Å². The predicted molar refractivity (Wildman–Crippen MR) is 121 cm³/mol. The van der Waals surface area contributed by atoms with Crippen molar-refractivity contribution in [2.75, 3.05) is 7.05 Å². The summed E-state index contributed by atoms with van der Waals surface area (Å²) in [6, 6.07) is 0. The average molecular weight is 364 g/mol. The van der Waals surface area contributed by atoms with E-state index < -0.39 is 0 Å². The first-order valence-electron chi connectivity index (χ1n) is 10.9. The molecular formula is C25H49N. The van der Waals surface area contributed by atoms with Crippen molar-refractivity contribution in [2.45, 2.75) is 106 Å². The Bertz CT molecular complexity index is 428. The van der Waals surface area contributed by atoms with Crippen molar-refractivity contribution in [1.82, 2.24) is 5.32 Å². The molecule has 0 rings (SSSR count). The molecule has 0 saturated carbocycles. The molecule has 0 bridgehead atoms.